The number of ether oxygens (including phenoxy) is 2. The molecule has 0 aliphatic rings. The average Bonchev–Trinajstić information content (AvgIpc) is 2.92. The third kappa shape index (κ3) is 6.27. The van der Waals surface area contributed by atoms with Gasteiger partial charge in [-0.05, 0) is 55.5 Å². The third-order valence-corrected chi connectivity index (χ3v) is 7.95. The topological polar surface area (TPSA) is 134 Å². The number of carbonyl (C=O) groups is 2. The summed E-state index contributed by atoms with van der Waals surface area (Å²) in [6.07, 6.45) is -0.426. The van der Waals surface area contributed by atoms with Gasteiger partial charge in [0, 0.05) is 12.0 Å². The van der Waals surface area contributed by atoms with Crippen molar-refractivity contribution in [3.8, 4) is 23.3 Å². The number of anilines is 1. The van der Waals surface area contributed by atoms with E-state index in [9.17, 15) is 18.0 Å². The first-order valence-electron chi connectivity index (χ1n) is 11.1. The lowest BCUT2D eigenvalue weighted by Gasteiger charge is -2.25. The van der Waals surface area contributed by atoms with Crippen LogP contribution in [0, 0.1) is 11.8 Å². The van der Waals surface area contributed by atoms with Crippen molar-refractivity contribution >= 4 is 27.4 Å². The number of amides is 1. The molecule has 3 rings (SSSR count). The minimum absolute atomic E-state index is 0.0141. The number of nitrogens with two attached hydrogens (primary N) is 1. The van der Waals surface area contributed by atoms with Crippen LogP contribution in [0.1, 0.15) is 23.7 Å². The molecule has 37 heavy (non-hydrogen) atoms. The number of rotatable bonds is 9. The van der Waals surface area contributed by atoms with Crippen molar-refractivity contribution in [2.45, 2.75) is 23.0 Å². The molecule has 10 heteroatoms. The number of hydrogen-bond acceptors (Lipinski definition) is 8. The Labute approximate surface area is 215 Å². The minimum atomic E-state index is -4.45. The fraction of sp³-hybridized carbons (Fsp3) is 0.185. The molecule has 192 valence electrons. The lowest BCUT2D eigenvalue weighted by atomic mass is 10.1. The van der Waals surface area contributed by atoms with E-state index in [0.717, 1.165) is 0 Å². The number of benzene rings is 3. The molecule has 9 nitrogen and oxygen atoms in total. The maximum Gasteiger partial charge on any atom is 0.347 e. The molecule has 0 fully saturated rings. The molecule has 0 aliphatic heterocycles. The van der Waals surface area contributed by atoms with Gasteiger partial charge in [-0.25, -0.2) is 13.2 Å². The van der Waals surface area contributed by atoms with E-state index in [2.05, 4.69) is 22.0 Å². The van der Waals surface area contributed by atoms with Gasteiger partial charge in [-0.2, -0.15) is 5.90 Å². The summed E-state index contributed by atoms with van der Waals surface area (Å²) >= 11 is 0. The highest BCUT2D eigenvalue weighted by Gasteiger charge is 2.49. The summed E-state index contributed by atoms with van der Waals surface area (Å²) in [7, 11) is -2.95. The van der Waals surface area contributed by atoms with Crippen LogP contribution in [-0.4, -0.2) is 38.8 Å². The van der Waals surface area contributed by atoms with Gasteiger partial charge >= 0.3 is 5.97 Å². The van der Waals surface area contributed by atoms with E-state index < -0.39 is 32.9 Å². The van der Waals surface area contributed by atoms with Crippen LogP contribution in [0.15, 0.2) is 83.8 Å². The number of para-hydroxylation sites is 2. The highest BCUT2D eigenvalue weighted by atomic mass is 32.2. The fourth-order valence-electron chi connectivity index (χ4n) is 3.30. The molecule has 0 saturated carbocycles. The van der Waals surface area contributed by atoms with Gasteiger partial charge in [0.05, 0.1) is 17.7 Å². The summed E-state index contributed by atoms with van der Waals surface area (Å²) in [4.78, 5) is 29.5. The maximum atomic E-state index is 13.7. The second-order valence-corrected chi connectivity index (χ2v) is 10.3. The van der Waals surface area contributed by atoms with E-state index in [0.29, 0.717) is 11.5 Å². The van der Waals surface area contributed by atoms with Crippen LogP contribution in [0.4, 0.5) is 5.69 Å². The second-order valence-electron chi connectivity index (χ2n) is 7.95. The molecule has 1 unspecified atom stereocenters. The summed E-state index contributed by atoms with van der Waals surface area (Å²) in [6, 6.07) is 21.0. The number of carbonyl (C=O) groups excluding carboxylic acids is 2. The molecule has 0 heterocycles. The molecule has 0 saturated heterocycles. The highest BCUT2D eigenvalue weighted by molar-refractivity contribution is 7.93. The molecule has 0 spiro atoms. The zero-order valence-electron chi connectivity index (χ0n) is 20.3. The van der Waals surface area contributed by atoms with E-state index in [1.807, 2.05) is 6.07 Å². The lowest BCUT2D eigenvalue weighted by Crippen LogP contribution is -2.46. The Hall–Kier alpha value is -4.33. The van der Waals surface area contributed by atoms with Crippen LogP contribution in [0.5, 0.6) is 11.5 Å². The molecule has 3 aromatic rings. The fourth-order valence-corrected chi connectivity index (χ4v) is 4.99. The molecular weight excluding hydrogens is 496 g/mol. The minimum Gasteiger partial charge on any atom is -0.497 e. The van der Waals surface area contributed by atoms with E-state index in [1.54, 1.807) is 42.5 Å². The summed E-state index contributed by atoms with van der Waals surface area (Å²) in [6.45, 7) is 1.15. The van der Waals surface area contributed by atoms with Gasteiger partial charge in [-0.15, -0.1) is 0 Å². The van der Waals surface area contributed by atoms with Crippen LogP contribution in [0.3, 0.4) is 0 Å². The van der Waals surface area contributed by atoms with Crippen LogP contribution in [0.25, 0.3) is 0 Å². The Morgan fingerprint density at radius 2 is 1.57 bits per heavy atom. The molecule has 0 radical (unpaired) electrons. The highest BCUT2D eigenvalue weighted by Crippen LogP contribution is 2.34. The van der Waals surface area contributed by atoms with Crippen molar-refractivity contribution in [1.82, 2.24) is 0 Å². The van der Waals surface area contributed by atoms with Gasteiger partial charge in [-0.3, -0.25) is 4.79 Å². The van der Waals surface area contributed by atoms with Crippen molar-refractivity contribution in [3.63, 3.8) is 0 Å². The first-order chi connectivity index (χ1) is 17.7. The van der Waals surface area contributed by atoms with Crippen LogP contribution < -0.4 is 20.7 Å². The molecular formula is C27H26N2O7S. The van der Waals surface area contributed by atoms with Gasteiger partial charge in [-0.1, -0.05) is 42.2 Å². The van der Waals surface area contributed by atoms with Crippen molar-refractivity contribution in [3.05, 3.63) is 84.4 Å². The third-order valence-electron chi connectivity index (χ3n) is 5.51. The zero-order valence-corrected chi connectivity index (χ0v) is 21.1. The van der Waals surface area contributed by atoms with Gasteiger partial charge in [0.25, 0.3) is 5.91 Å². The molecule has 1 amide bonds. The summed E-state index contributed by atoms with van der Waals surface area (Å²) in [5.74, 6) is 9.88. The van der Waals surface area contributed by atoms with E-state index >= 15 is 0 Å². The molecule has 1 atom stereocenters. The first kappa shape index (κ1) is 27.3. The van der Waals surface area contributed by atoms with Crippen molar-refractivity contribution in [2.75, 3.05) is 19.0 Å². The van der Waals surface area contributed by atoms with Crippen LogP contribution in [-0.2, 0) is 19.5 Å². The van der Waals surface area contributed by atoms with Crippen molar-refractivity contribution in [1.29, 1.82) is 0 Å². The van der Waals surface area contributed by atoms with Gasteiger partial charge in [0.1, 0.15) is 18.1 Å². The molecule has 0 aliphatic carbocycles. The Bertz CT molecular complexity index is 1410. The van der Waals surface area contributed by atoms with E-state index in [4.69, 9.17) is 15.4 Å². The quantitative estimate of drug-likeness (QED) is 0.323. The number of nitrogens with one attached hydrogen (secondary N) is 1. The SMILES string of the molecule is COc1ccc(C(=O)Nc2ccccc2S(=O)(=O)C(C)(CC#CCOc2ccccc2)C(=O)ON)cc1. The summed E-state index contributed by atoms with van der Waals surface area (Å²) in [5.41, 5.74) is 0.265. The summed E-state index contributed by atoms with van der Waals surface area (Å²) < 4.78 is 35.9. The second kappa shape index (κ2) is 12.1. The van der Waals surface area contributed by atoms with E-state index in [1.165, 1.54) is 44.4 Å². The molecule has 3 N–H and O–H groups in total. The Kier molecular flexibility index (Phi) is 8.90. The Balaban J connectivity index is 1.86. The van der Waals surface area contributed by atoms with Crippen LogP contribution >= 0.6 is 0 Å². The number of sulfone groups is 1. The first-order valence-corrected chi connectivity index (χ1v) is 12.5. The Morgan fingerprint density at radius 1 is 0.919 bits per heavy atom. The smallest absolute Gasteiger partial charge is 0.347 e. The van der Waals surface area contributed by atoms with Gasteiger partial charge in [0.2, 0.25) is 0 Å². The lowest BCUT2D eigenvalue weighted by molar-refractivity contribution is -0.146. The van der Waals surface area contributed by atoms with Crippen LogP contribution in [0.2, 0.25) is 0 Å². The van der Waals surface area contributed by atoms with Gasteiger partial charge < -0.3 is 19.6 Å². The molecule has 3 aromatic carbocycles. The monoisotopic (exact) mass is 522 g/mol. The normalized spacial score (nSPS) is 12.3. The Morgan fingerprint density at radius 3 is 2.22 bits per heavy atom. The van der Waals surface area contributed by atoms with E-state index in [-0.39, 0.29) is 22.8 Å². The predicted molar refractivity (Wildman–Crippen MR) is 138 cm³/mol. The summed E-state index contributed by atoms with van der Waals surface area (Å²) in [5, 5.41) is 2.60. The van der Waals surface area contributed by atoms with Gasteiger partial charge in [0.15, 0.2) is 14.6 Å². The van der Waals surface area contributed by atoms with Crippen molar-refractivity contribution < 1.29 is 32.3 Å². The largest absolute Gasteiger partial charge is 0.497 e. The molecule has 0 aromatic heterocycles. The molecule has 0 bridgehead atoms. The van der Waals surface area contributed by atoms with Crippen molar-refractivity contribution in [2.24, 2.45) is 5.90 Å². The standard InChI is InChI=1S/C27H26N2O7S/c1-27(26(31)36-28,18-8-9-19-35-22-10-4-3-5-11-22)37(32,33)24-13-7-6-12-23(24)29-25(30)20-14-16-21(34-2)17-15-20/h3-7,10-17H,18-19,28H2,1-2H3,(H,29,30). The maximum absolute atomic E-state index is 13.7. The zero-order chi connectivity index (χ0) is 26.9. The predicted octanol–water partition coefficient (Wildman–Crippen LogP) is 3.37. The average molecular weight is 523 g/mol. The number of methoxy groups -OCH3 is 1. The number of hydrogen-bond donors (Lipinski definition) is 2.